The van der Waals surface area contributed by atoms with Gasteiger partial charge in [0, 0.05) is 12.0 Å². The highest BCUT2D eigenvalue weighted by Crippen LogP contribution is 2.40. The van der Waals surface area contributed by atoms with Crippen molar-refractivity contribution in [2.75, 3.05) is 13.2 Å². The van der Waals surface area contributed by atoms with Gasteiger partial charge in [-0.15, -0.1) is 0 Å². The molecule has 1 aliphatic carbocycles. The molecule has 2 heteroatoms. The molecule has 1 heterocycles. The summed E-state index contributed by atoms with van der Waals surface area (Å²) in [4.78, 5) is 0. The van der Waals surface area contributed by atoms with Crippen molar-refractivity contribution in [3.8, 4) is 0 Å². The third kappa shape index (κ3) is 1.50. The summed E-state index contributed by atoms with van der Waals surface area (Å²) in [6, 6.07) is 0. The molecule has 0 bridgehead atoms. The zero-order valence-corrected chi connectivity index (χ0v) is 8.86. The van der Waals surface area contributed by atoms with Gasteiger partial charge in [0.15, 0.2) is 0 Å². The number of hydrogen-bond donors (Lipinski definition) is 1. The van der Waals surface area contributed by atoms with Crippen LogP contribution in [-0.4, -0.2) is 18.9 Å². The first-order chi connectivity index (χ1) is 6.24. The van der Waals surface area contributed by atoms with Crippen LogP contribution in [0.5, 0.6) is 0 Å². The van der Waals surface area contributed by atoms with Crippen molar-refractivity contribution in [3.05, 3.63) is 0 Å². The van der Waals surface area contributed by atoms with E-state index in [4.69, 9.17) is 4.74 Å². The number of nitrogens with one attached hydrogen (secondary N) is 1. The van der Waals surface area contributed by atoms with Gasteiger partial charge in [-0.2, -0.15) is 0 Å². The average molecular weight is 183 g/mol. The number of hydrogen-bond acceptors (Lipinski definition) is 2. The molecule has 1 N–H and O–H groups in total. The van der Waals surface area contributed by atoms with Crippen LogP contribution >= 0.6 is 0 Å². The first-order valence-corrected chi connectivity index (χ1v) is 5.63. The molecule has 0 aromatic carbocycles. The van der Waals surface area contributed by atoms with Gasteiger partial charge in [-0.25, -0.2) is 0 Å². The van der Waals surface area contributed by atoms with Crippen LogP contribution < -0.4 is 5.32 Å². The van der Waals surface area contributed by atoms with E-state index in [1.807, 2.05) is 0 Å². The lowest BCUT2D eigenvalue weighted by atomic mass is 9.78. The summed E-state index contributed by atoms with van der Waals surface area (Å²) in [5, 5.41) is 3.60. The smallest absolute Gasteiger partial charge is 0.119 e. The molecule has 1 saturated heterocycles. The Balaban J connectivity index is 1.94. The van der Waals surface area contributed by atoms with Crippen LogP contribution in [0, 0.1) is 5.41 Å². The van der Waals surface area contributed by atoms with Crippen LogP contribution in [0.3, 0.4) is 0 Å². The molecule has 13 heavy (non-hydrogen) atoms. The molecule has 0 radical (unpaired) electrons. The summed E-state index contributed by atoms with van der Waals surface area (Å²) in [6.07, 6.45) is 6.23. The topological polar surface area (TPSA) is 21.3 Å². The van der Waals surface area contributed by atoms with Crippen molar-refractivity contribution >= 4 is 0 Å². The van der Waals surface area contributed by atoms with Gasteiger partial charge < -0.3 is 4.74 Å². The minimum atomic E-state index is 0.105. The second kappa shape index (κ2) is 3.25. The first kappa shape index (κ1) is 9.47. The highest BCUT2D eigenvalue weighted by atomic mass is 16.5. The van der Waals surface area contributed by atoms with Gasteiger partial charge in [-0.1, -0.05) is 13.8 Å². The molecule has 0 aromatic rings. The van der Waals surface area contributed by atoms with Gasteiger partial charge >= 0.3 is 0 Å². The van der Waals surface area contributed by atoms with Crippen molar-refractivity contribution in [1.82, 2.24) is 5.32 Å². The zero-order chi connectivity index (χ0) is 9.36. The first-order valence-electron chi connectivity index (χ1n) is 5.63. The van der Waals surface area contributed by atoms with E-state index in [9.17, 15) is 0 Å². The monoisotopic (exact) mass is 183 g/mol. The Morgan fingerprint density at radius 1 is 1.23 bits per heavy atom. The van der Waals surface area contributed by atoms with E-state index in [2.05, 4.69) is 19.2 Å². The highest BCUT2D eigenvalue weighted by molar-refractivity contribution is 4.95. The van der Waals surface area contributed by atoms with E-state index in [-0.39, 0.29) is 5.72 Å². The third-order valence-electron chi connectivity index (χ3n) is 4.10. The fourth-order valence-electron chi connectivity index (χ4n) is 2.27. The van der Waals surface area contributed by atoms with Gasteiger partial charge in [0.05, 0.1) is 6.61 Å². The third-order valence-corrected chi connectivity index (χ3v) is 4.10. The maximum atomic E-state index is 5.99. The average Bonchev–Trinajstić information content (AvgIpc) is 2.16. The normalized spacial score (nSPS) is 30.0. The Labute approximate surface area is 81.0 Å². The van der Waals surface area contributed by atoms with E-state index < -0.39 is 0 Å². The molecule has 2 rings (SSSR count). The van der Waals surface area contributed by atoms with Crippen LogP contribution in [0.2, 0.25) is 0 Å². The molecule has 1 spiro atoms. The van der Waals surface area contributed by atoms with E-state index in [0.717, 1.165) is 13.2 Å². The lowest BCUT2D eigenvalue weighted by Crippen LogP contribution is -2.62. The second-order valence-electron chi connectivity index (χ2n) is 4.70. The second-order valence-corrected chi connectivity index (χ2v) is 4.70. The summed E-state index contributed by atoms with van der Waals surface area (Å²) in [5.74, 6) is 0. The van der Waals surface area contributed by atoms with Gasteiger partial charge in [-0.3, -0.25) is 5.32 Å². The Kier molecular flexibility index (Phi) is 2.37. The molecule has 0 unspecified atom stereocenters. The summed E-state index contributed by atoms with van der Waals surface area (Å²) >= 11 is 0. The molecule has 2 aliphatic rings. The van der Waals surface area contributed by atoms with E-state index in [1.165, 1.54) is 32.1 Å². The summed E-state index contributed by atoms with van der Waals surface area (Å²) < 4.78 is 5.99. The molecule has 1 aliphatic heterocycles. The van der Waals surface area contributed by atoms with Crippen LogP contribution in [0.15, 0.2) is 0 Å². The van der Waals surface area contributed by atoms with Gasteiger partial charge in [0.1, 0.15) is 5.72 Å². The van der Waals surface area contributed by atoms with Crippen molar-refractivity contribution in [2.45, 2.75) is 51.7 Å². The van der Waals surface area contributed by atoms with Crippen LogP contribution in [0.4, 0.5) is 0 Å². The van der Waals surface area contributed by atoms with Crippen LogP contribution in [0.1, 0.15) is 46.0 Å². The van der Waals surface area contributed by atoms with Crippen molar-refractivity contribution in [3.63, 3.8) is 0 Å². The maximum absolute atomic E-state index is 5.99. The Hall–Kier alpha value is -0.0800. The lowest BCUT2D eigenvalue weighted by molar-refractivity contribution is -0.185. The Bertz CT molecular complexity index is 171. The van der Waals surface area contributed by atoms with Gasteiger partial charge in [0.2, 0.25) is 0 Å². The summed E-state index contributed by atoms with van der Waals surface area (Å²) in [6.45, 7) is 6.66. The molecule has 2 nitrogen and oxygen atoms in total. The highest BCUT2D eigenvalue weighted by Gasteiger charge is 2.45. The minimum Gasteiger partial charge on any atom is -0.360 e. The van der Waals surface area contributed by atoms with Crippen molar-refractivity contribution in [1.29, 1.82) is 0 Å². The lowest BCUT2D eigenvalue weighted by Gasteiger charge is -2.51. The molecule has 76 valence electrons. The van der Waals surface area contributed by atoms with Crippen molar-refractivity contribution < 1.29 is 4.74 Å². The minimum absolute atomic E-state index is 0.105. The molecular weight excluding hydrogens is 162 g/mol. The Morgan fingerprint density at radius 3 is 2.23 bits per heavy atom. The van der Waals surface area contributed by atoms with Crippen LogP contribution in [-0.2, 0) is 4.74 Å². The number of rotatable bonds is 2. The van der Waals surface area contributed by atoms with Crippen LogP contribution in [0.25, 0.3) is 0 Å². The molecule has 2 fully saturated rings. The van der Waals surface area contributed by atoms with E-state index >= 15 is 0 Å². The fourth-order valence-corrected chi connectivity index (χ4v) is 2.27. The largest absolute Gasteiger partial charge is 0.360 e. The fraction of sp³-hybridized carbons (Fsp3) is 1.00. The molecular formula is C11H21NO. The van der Waals surface area contributed by atoms with Gasteiger partial charge in [0.25, 0.3) is 0 Å². The summed E-state index contributed by atoms with van der Waals surface area (Å²) in [5.41, 5.74) is 0.523. The Morgan fingerprint density at radius 2 is 1.92 bits per heavy atom. The molecule has 1 saturated carbocycles. The molecule has 0 aromatic heterocycles. The van der Waals surface area contributed by atoms with Gasteiger partial charge in [-0.05, 0) is 32.1 Å². The predicted molar refractivity (Wildman–Crippen MR) is 53.6 cm³/mol. The summed E-state index contributed by atoms with van der Waals surface area (Å²) in [7, 11) is 0. The predicted octanol–water partition coefficient (Wildman–Crippen LogP) is 2.29. The van der Waals surface area contributed by atoms with E-state index in [1.54, 1.807) is 0 Å². The maximum Gasteiger partial charge on any atom is 0.119 e. The molecule has 0 atom stereocenters. The quantitative estimate of drug-likeness (QED) is 0.709. The standard InChI is InChI=1S/C11H21NO/c1-3-10(4-2)8-12-11(13-9-10)6-5-7-11/h12H,3-9H2,1-2H3. The zero-order valence-electron chi connectivity index (χ0n) is 8.86. The van der Waals surface area contributed by atoms with Crippen molar-refractivity contribution in [2.24, 2.45) is 5.41 Å². The SMILES string of the molecule is CCC1(CC)CNC2(CCC2)OC1. The van der Waals surface area contributed by atoms with E-state index in [0.29, 0.717) is 5.41 Å². The molecule has 0 amide bonds. The number of ether oxygens (including phenoxy) is 1.